The van der Waals surface area contributed by atoms with Crippen molar-refractivity contribution in [3.8, 4) is 6.07 Å². The molecule has 0 aliphatic rings. The van der Waals surface area contributed by atoms with Crippen LogP contribution in [-0.2, 0) is 0 Å². The smallest absolute Gasteiger partial charge is 0.261 e. The van der Waals surface area contributed by atoms with Gasteiger partial charge < -0.3 is 0 Å². The van der Waals surface area contributed by atoms with E-state index in [-0.39, 0.29) is 11.5 Å². The third-order valence-corrected chi connectivity index (χ3v) is 2.83. The molecule has 7 heteroatoms. The topological polar surface area (TPSA) is 83.1 Å². The lowest BCUT2D eigenvalue weighted by molar-refractivity contribution is 0.102. The number of nitrogens with zero attached hydrogens (tertiary/aromatic N) is 4. The molecule has 2 aromatic heterocycles. The lowest BCUT2D eigenvalue weighted by Gasteiger charge is -2.01. The Kier molecular flexibility index (Phi) is 3.04. The number of rotatable bonds is 2. The lowest BCUT2D eigenvalue weighted by atomic mass is 10.2. The average molecular weight is 281 g/mol. The fourth-order valence-corrected chi connectivity index (χ4v) is 1.86. The SMILES string of the molecule is N#Cc1cccn2nc(NC(=O)c3ccccc3F)nc12. The molecular weight excluding hydrogens is 273 g/mol. The third kappa shape index (κ3) is 2.30. The Bertz CT molecular complexity index is 880. The normalized spacial score (nSPS) is 10.3. The van der Waals surface area contributed by atoms with E-state index in [2.05, 4.69) is 15.4 Å². The van der Waals surface area contributed by atoms with Crippen molar-refractivity contribution < 1.29 is 9.18 Å². The summed E-state index contributed by atoms with van der Waals surface area (Å²) in [6.07, 6.45) is 1.60. The molecule has 6 nitrogen and oxygen atoms in total. The first-order valence-corrected chi connectivity index (χ1v) is 6.00. The molecule has 0 saturated heterocycles. The van der Waals surface area contributed by atoms with Crippen LogP contribution in [0.1, 0.15) is 15.9 Å². The monoisotopic (exact) mass is 281 g/mol. The van der Waals surface area contributed by atoms with E-state index in [4.69, 9.17) is 5.26 Å². The highest BCUT2D eigenvalue weighted by molar-refractivity contribution is 6.03. The van der Waals surface area contributed by atoms with E-state index >= 15 is 0 Å². The number of carbonyl (C=O) groups is 1. The summed E-state index contributed by atoms with van der Waals surface area (Å²) in [5.74, 6) is -1.27. The van der Waals surface area contributed by atoms with Crippen LogP contribution in [0.15, 0.2) is 42.6 Å². The number of aromatic nitrogens is 3. The molecule has 0 spiro atoms. The summed E-state index contributed by atoms with van der Waals surface area (Å²) >= 11 is 0. The Morgan fingerprint density at radius 3 is 2.86 bits per heavy atom. The minimum Gasteiger partial charge on any atom is -0.289 e. The number of halogens is 1. The van der Waals surface area contributed by atoms with Gasteiger partial charge in [0.2, 0.25) is 5.95 Å². The van der Waals surface area contributed by atoms with Gasteiger partial charge in [-0.25, -0.2) is 8.91 Å². The Morgan fingerprint density at radius 1 is 1.29 bits per heavy atom. The molecule has 102 valence electrons. The maximum Gasteiger partial charge on any atom is 0.261 e. The van der Waals surface area contributed by atoms with Crippen molar-refractivity contribution in [3.63, 3.8) is 0 Å². The van der Waals surface area contributed by atoms with Gasteiger partial charge in [0.1, 0.15) is 11.9 Å². The second kappa shape index (κ2) is 5.02. The molecule has 0 bridgehead atoms. The van der Waals surface area contributed by atoms with E-state index in [1.54, 1.807) is 24.4 Å². The van der Waals surface area contributed by atoms with Crippen LogP contribution in [-0.4, -0.2) is 20.5 Å². The van der Waals surface area contributed by atoms with Gasteiger partial charge in [0.25, 0.3) is 5.91 Å². The molecule has 0 aliphatic carbocycles. The predicted molar refractivity (Wildman–Crippen MR) is 72.1 cm³/mol. The number of amides is 1. The minimum atomic E-state index is -0.650. The number of nitriles is 1. The summed E-state index contributed by atoms with van der Waals surface area (Å²) in [6.45, 7) is 0. The van der Waals surface area contributed by atoms with Gasteiger partial charge in [-0.05, 0) is 24.3 Å². The fourth-order valence-electron chi connectivity index (χ4n) is 1.86. The predicted octanol–water partition coefficient (Wildman–Crippen LogP) is 1.99. The van der Waals surface area contributed by atoms with Gasteiger partial charge in [0.15, 0.2) is 5.65 Å². The summed E-state index contributed by atoms with van der Waals surface area (Å²) in [4.78, 5) is 16.0. The van der Waals surface area contributed by atoms with Crippen molar-refractivity contribution in [1.82, 2.24) is 14.6 Å². The maximum absolute atomic E-state index is 13.5. The van der Waals surface area contributed by atoms with Gasteiger partial charge in [0, 0.05) is 6.20 Å². The molecule has 2 heterocycles. The van der Waals surface area contributed by atoms with Crippen LogP contribution in [0.2, 0.25) is 0 Å². The van der Waals surface area contributed by atoms with Crippen LogP contribution >= 0.6 is 0 Å². The van der Waals surface area contributed by atoms with Crippen molar-refractivity contribution in [2.75, 3.05) is 5.32 Å². The Hall–Kier alpha value is -3.27. The summed E-state index contributed by atoms with van der Waals surface area (Å²) < 4.78 is 14.9. The molecular formula is C14H8FN5O. The molecule has 0 saturated carbocycles. The van der Waals surface area contributed by atoms with Gasteiger partial charge in [-0.2, -0.15) is 10.2 Å². The van der Waals surface area contributed by atoms with Gasteiger partial charge in [-0.3, -0.25) is 10.1 Å². The first-order chi connectivity index (χ1) is 10.2. The Labute approximate surface area is 118 Å². The summed E-state index contributed by atoms with van der Waals surface area (Å²) in [5, 5.41) is 15.4. The number of benzene rings is 1. The molecule has 3 aromatic rings. The largest absolute Gasteiger partial charge is 0.289 e. The zero-order valence-corrected chi connectivity index (χ0v) is 10.6. The molecule has 21 heavy (non-hydrogen) atoms. The third-order valence-electron chi connectivity index (χ3n) is 2.83. The highest BCUT2D eigenvalue weighted by Crippen LogP contribution is 2.12. The highest BCUT2D eigenvalue weighted by atomic mass is 19.1. The van der Waals surface area contributed by atoms with Crippen LogP contribution in [0.25, 0.3) is 5.65 Å². The Morgan fingerprint density at radius 2 is 2.10 bits per heavy atom. The Balaban J connectivity index is 1.94. The van der Waals surface area contributed by atoms with Gasteiger partial charge >= 0.3 is 0 Å². The van der Waals surface area contributed by atoms with E-state index in [1.165, 1.54) is 22.7 Å². The zero-order valence-electron chi connectivity index (χ0n) is 10.6. The van der Waals surface area contributed by atoms with Crippen molar-refractivity contribution in [2.45, 2.75) is 0 Å². The average Bonchev–Trinajstić information content (AvgIpc) is 2.89. The number of fused-ring (bicyclic) bond motifs is 1. The first kappa shape index (κ1) is 12.7. The quantitative estimate of drug-likeness (QED) is 0.778. The van der Waals surface area contributed by atoms with E-state index in [0.29, 0.717) is 11.2 Å². The van der Waals surface area contributed by atoms with Crippen molar-refractivity contribution >= 4 is 17.5 Å². The maximum atomic E-state index is 13.5. The number of hydrogen-bond acceptors (Lipinski definition) is 4. The van der Waals surface area contributed by atoms with Gasteiger partial charge in [-0.1, -0.05) is 12.1 Å². The zero-order chi connectivity index (χ0) is 14.8. The molecule has 0 atom stereocenters. The molecule has 0 aliphatic heterocycles. The minimum absolute atomic E-state index is 0.00551. The van der Waals surface area contributed by atoms with Crippen molar-refractivity contribution in [2.24, 2.45) is 0 Å². The number of nitrogens with one attached hydrogen (secondary N) is 1. The van der Waals surface area contributed by atoms with E-state index in [1.807, 2.05) is 6.07 Å². The van der Waals surface area contributed by atoms with Crippen LogP contribution in [0.5, 0.6) is 0 Å². The number of carbonyl (C=O) groups excluding carboxylic acids is 1. The highest BCUT2D eigenvalue weighted by Gasteiger charge is 2.14. The molecule has 0 fully saturated rings. The van der Waals surface area contributed by atoms with Crippen LogP contribution in [0, 0.1) is 17.1 Å². The van der Waals surface area contributed by atoms with Crippen molar-refractivity contribution in [1.29, 1.82) is 5.26 Å². The second-order valence-electron chi connectivity index (χ2n) is 4.17. The van der Waals surface area contributed by atoms with Crippen LogP contribution < -0.4 is 5.32 Å². The summed E-state index contributed by atoms with van der Waals surface area (Å²) in [6, 6.07) is 10.8. The van der Waals surface area contributed by atoms with Crippen molar-refractivity contribution in [3.05, 3.63) is 59.5 Å². The number of anilines is 1. The van der Waals surface area contributed by atoms with Gasteiger partial charge in [-0.15, -0.1) is 5.10 Å². The van der Waals surface area contributed by atoms with Gasteiger partial charge in [0.05, 0.1) is 11.1 Å². The summed E-state index contributed by atoms with van der Waals surface area (Å²) in [7, 11) is 0. The second-order valence-corrected chi connectivity index (χ2v) is 4.17. The van der Waals surface area contributed by atoms with Crippen LogP contribution in [0.4, 0.5) is 10.3 Å². The molecule has 1 N–H and O–H groups in total. The van der Waals surface area contributed by atoms with Crippen LogP contribution in [0.3, 0.4) is 0 Å². The van der Waals surface area contributed by atoms with E-state index < -0.39 is 11.7 Å². The molecule has 3 rings (SSSR count). The lowest BCUT2D eigenvalue weighted by Crippen LogP contribution is -2.14. The summed E-state index contributed by atoms with van der Waals surface area (Å²) in [5.41, 5.74) is 0.553. The van der Waals surface area contributed by atoms with E-state index in [0.717, 1.165) is 0 Å². The molecule has 1 aromatic carbocycles. The fraction of sp³-hybridized carbons (Fsp3) is 0. The molecule has 1 amide bonds. The first-order valence-electron chi connectivity index (χ1n) is 6.00. The number of pyridine rings is 1. The van der Waals surface area contributed by atoms with E-state index in [9.17, 15) is 9.18 Å². The number of hydrogen-bond donors (Lipinski definition) is 1. The molecule has 0 unspecified atom stereocenters. The standard InChI is InChI=1S/C14H8FN5O/c15-11-6-2-1-5-10(11)13(21)18-14-17-12-9(8-16)4-3-7-20(12)19-14/h1-7H,(H,18,19,21). The molecule has 0 radical (unpaired) electrons.